The van der Waals surface area contributed by atoms with Crippen molar-refractivity contribution in [3.05, 3.63) is 0 Å². The molecule has 0 aromatic rings. The van der Waals surface area contributed by atoms with Gasteiger partial charge in [0.05, 0.1) is 6.61 Å². The minimum Gasteiger partial charge on any atom is -0.450 e. The van der Waals surface area contributed by atoms with Crippen LogP contribution in [0.3, 0.4) is 0 Å². The second-order valence-electron chi connectivity index (χ2n) is 6.26. The SMILES string of the molecule is CCOC(=O)N1CCC(NC(=O)CCN2CCN(C=O)CC2)CC1. The Kier molecular flexibility index (Phi) is 7.30. The number of piperidine rings is 1. The number of piperazine rings is 1. The smallest absolute Gasteiger partial charge is 0.409 e. The van der Waals surface area contributed by atoms with Crippen LogP contribution < -0.4 is 5.32 Å². The Morgan fingerprint density at radius 1 is 1.12 bits per heavy atom. The molecule has 1 N–H and O–H groups in total. The van der Waals surface area contributed by atoms with E-state index in [0.29, 0.717) is 26.1 Å². The number of hydrogen-bond acceptors (Lipinski definition) is 5. The summed E-state index contributed by atoms with van der Waals surface area (Å²) in [6, 6.07) is 0.134. The predicted molar refractivity (Wildman–Crippen MR) is 88.5 cm³/mol. The van der Waals surface area contributed by atoms with Crippen LogP contribution in [0.1, 0.15) is 26.2 Å². The van der Waals surface area contributed by atoms with E-state index < -0.39 is 0 Å². The highest BCUT2D eigenvalue weighted by Gasteiger charge is 2.24. The molecule has 24 heavy (non-hydrogen) atoms. The molecular formula is C16H28N4O4. The number of nitrogens with zero attached hydrogens (tertiary/aromatic N) is 3. The molecule has 0 aromatic carbocycles. The van der Waals surface area contributed by atoms with Gasteiger partial charge in [0.1, 0.15) is 0 Å². The van der Waals surface area contributed by atoms with E-state index in [1.807, 2.05) is 0 Å². The van der Waals surface area contributed by atoms with E-state index in [-0.39, 0.29) is 18.0 Å². The lowest BCUT2D eigenvalue weighted by atomic mass is 10.1. The molecule has 0 spiro atoms. The molecular weight excluding hydrogens is 312 g/mol. The van der Waals surface area contributed by atoms with Gasteiger partial charge in [-0.3, -0.25) is 14.5 Å². The number of hydrogen-bond donors (Lipinski definition) is 1. The largest absolute Gasteiger partial charge is 0.450 e. The summed E-state index contributed by atoms with van der Waals surface area (Å²) in [7, 11) is 0. The number of nitrogens with one attached hydrogen (secondary N) is 1. The van der Waals surface area contributed by atoms with Gasteiger partial charge in [0.15, 0.2) is 0 Å². The Bertz CT molecular complexity index is 430. The number of amides is 3. The summed E-state index contributed by atoms with van der Waals surface area (Å²) in [4.78, 5) is 40.0. The normalized spacial score (nSPS) is 19.9. The molecule has 2 rings (SSSR count). The molecule has 0 saturated carbocycles. The van der Waals surface area contributed by atoms with E-state index >= 15 is 0 Å². The minimum absolute atomic E-state index is 0.0578. The van der Waals surface area contributed by atoms with Gasteiger partial charge in [-0.1, -0.05) is 0 Å². The molecule has 2 aliphatic rings. The van der Waals surface area contributed by atoms with E-state index in [1.54, 1.807) is 16.7 Å². The van der Waals surface area contributed by atoms with Crippen LogP contribution in [-0.4, -0.2) is 91.6 Å². The lowest BCUT2D eigenvalue weighted by Crippen LogP contribution is -2.48. The number of likely N-dealkylation sites (tertiary alicyclic amines) is 1. The van der Waals surface area contributed by atoms with Crippen molar-refractivity contribution in [1.82, 2.24) is 20.0 Å². The third kappa shape index (κ3) is 5.67. The molecule has 0 bridgehead atoms. The fourth-order valence-electron chi connectivity index (χ4n) is 3.07. The van der Waals surface area contributed by atoms with E-state index in [2.05, 4.69) is 10.2 Å². The average Bonchev–Trinajstić information content (AvgIpc) is 2.61. The third-order valence-electron chi connectivity index (χ3n) is 4.60. The van der Waals surface area contributed by atoms with Gasteiger partial charge >= 0.3 is 6.09 Å². The Balaban J connectivity index is 1.60. The molecule has 2 aliphatic heterocycles. The first kappa shape index (κ1) is 18.5. The maximum Gasteiger partial charge on any atom is 0.409 e. The molecule has 0 aromatic heterocycles. The van der Waals surface area contributed by atoms with Gasteiger partial charge in [-0.05, 0) is 19.8 Å². The predicted octanol–water partition coefficient (Wildman–Crippen LogP) is -0.112. The van der Waals surface area contributed by atoms with E-state index in [9.17, 15) is 14.4 Å². The highest BCUT2D eigenvalue weighted by Crippen LogP contribution is 2.12. The molecule has 3 amide bonds. The highest BCUT2D eigenvalue weighted by molar-refractivity contribution is 5.76. The molecule has 8 nitrogen and oxygen atoms in total. The van der Waals surface area contributed by atoms with Crippen LogP contribution in [0.25, 0.3) is 0 Å². The molecule has 2 fully saturated rings. The first-order valence-electron chi connectivity index (χ1n) is 8.75. The van der Waals surface area contributed by atoms with Crippen molar-refractivity contribution in [2.75, 3.05) is 52.4 Å². The lowest BCUT2D eigenvalue weighted by molar-refractivity contribution is -0.123. The van der Waals surface area contributed by atoms with Crippen molar-refractivity contribution in [3.63, 3.8) is 0 Å². The first-order chi connectivity index (χ1) is 11.6. The average molecular weight is 340 g/mol. The van der Waals surface area contributed by atoms with Crippen molar-refractivity contribution in [2.24, 2.45) is 0 Å². The van der Waals surface area contributed by atoms with E-state index in [1.165, 1.54) is 0 Å². The number of rotatable bonds is 6. The minimum atomic E-state index is -0.267. The van der Waals surface area contributed by atoms with Crippen LogP contribution in [0, 0.1) is 0 Å². The fourth-order valence-corrected chi connectivity index (χ4v) is 3.07. The Morgan fingerprint density at radius 3 is 2.38 bits per heavy atom. The summed E-state index contributed by atoms with van der Waals surface area (Å²) < 4.78 is 4.99. The zero-order valence-corrected chi connectivity index (χ0v) is 14.4. The highest BCUT2D eigenvalue weighted by atomic mass is 16.6. The maximum atomic E-state index is 12.1. The van der Waals surface area contributed by atoms with Gasteiger partial charge < -0.3 is 19.9 Å². The van der Waals surface area contributed by atoms with Crippen LogP contribution >= 0.6 is 0 Å². The summed E-state index contributed by atoms with van der Waals surface area (Å²) in [5.74, 6) is 0.0578. The standard InChI is InChI=1S/C16H28N4O4/c1-2-24-16(23)20-7-3-14(4-8-20)17-15(22)5-6-18-9-11-19(13-21)12-10-18/h13-14H,2-12H2,1H3,(H,17,22). The molecule has 0 aliphatic carbocycles. The van der Waals surface area contributed by atoms with Crippen LogP contribution in [0.15, 0.2) is 0 Å². The Morgan fingerprint density at radius 2 is 1.79 bits per heavy atom. The Hall–Kier alpha value is -1.83. The summed E-state index contributed by atoms with van der Waals surface area (Å²) in [6.07, 6.45) is 2.62. The zero-order valence-electron chi connectivity index (χ0n) is 14.4. The molecule has 8 heteroatoms. The van der Waals surface area contributed by atoms with Crippen LogP contribution in [0.4, 0.5) is 4.79 Å². The lowest BCUT2D eigenvalue weighted by Gasteiger charge is -2.33. The fraction of sp³-hybridized carbons (Fsp3) is 0.812. The maximum absolute atomic E-state index is 12.1. The quantitative estimate of drug-likeness (QED) is 0.682. The van der Waals surface area contributed by atoms with E-state index in [4.69, 9.17) is 4.74 Å². The monoisotopic (exact) mass is 340 g/mol. The van der Waals surface area contributed by atoms with E-state index in [0.717, 1.165) is 52.0 Å². The summed E-state index contributed by atoms with van der Waals surface area (Å²) in [5.41, 5.74) is 0. The van der Waals surface area contributed by atoms with Gasteiger partial charge in [0, 0.05) is 58.3 Å². The van der Waals surface area contributed by atoms with Crippen molar-refractivity contribution >= 4 is 18.4 Å². The molecule has 2 heterocycles. The van der Waals surface area contributed by atoms with Crippen molar-refractivity contribution in [3.8, 4) is 0 Å². The van der Waals surface area contributed by atoms with Crippen molar-refractivity contribution in [1.29, 1.82) is 0 Å². The molecule has 0 unspecified atom stereocenters. The number of carbonyl (C=O) groups is 3. The number of ether oxygens (including phenoxy) is 1. The zero-order chi connectivity index (χ0) is 17.4. The second-order valence-corrected chi connectivity index (χ2v) is 6.26. The first-order valence-corrected chi connectivity index (χ1v) is 8.75. The Labute approximate surface area is 143 Å². The molecule has 0 atom stereocenters. The van der Waals surface area contributed by atoms with Crippen LogP contribution in [-0.2, 0) is 14.3 Å². The topological polar surface area (TPSA) is 82.2 Å². The van der Waals surface area contributed by atoms with Gasteiger partial charge in [0.2, 0.25) is 12.3 Å². The van der Waals surface area contributed by atoms with Gasteiger partial charge in [-0.15, -0.1) is 0 Å². The molecule has 136 valence electrons. The molecule has 2 saturated heterocycles. The van der Waals surface area contributed by atoms with Crippen LogP contribution in [0.5, 0.6) is 0 Å². The van der Waals surface area contributed by atoms with Crippen molar-refractivity contribution < 1.29 is 19.1 Å². The van der Waals surface area contributed by atoms with Gasteiger partial charge in [-0.25, -0.2) is 4.79 Å². The summed E-state index contributed by atoms with van der Waals surface area (Å²) in [6.45, 7) is 7.26. The van der Waals surface area contributed by atoms with Crippen molar-refractivity contribution in [2.45, 2.75) is 32.2 Å². The van der Waals surface area contributed by atoms with Gasteiger partial charge in [0.25, 0.3) is 0 Å². The third-order valence-corrected chi connectivity index (χ3v) is 4.60. The molecule has 0 radical (unpaired) electrons. The van der Waals surface area contributed by atoms with Crippen LogP contribution in [0.2, 0.25) is 0 Å². The second kappa shape index (κ2) is 9.46. The summed E-state index contributed by atoms with van der Waals surface area (Å²) in [5, 5.41) is 3.06. The van der Waals surface area contributed by atoms with Gasteiger partial charge in [-0.2, -0.15) is 0 Å². The number of carbonyl (C=O) groups excluding carboxylic acids is 3. The summed E-state index contributed by atoms with van der Waals surface area (Å²) >= 11 is 0.